The average molecular weight is 145 g/mol. The van der Waals surface area contributed by atoms with Gasteiger partial charge >= 0.3 is 0 Å². The Morgan fingerprint density at radius 1 is 1.27 bits per heavy atom. The molecule has 1 aromatic rings. The van der Waals surface area contributed by atoms with Gasteiger partial charge in [-0.05, 0) is 25.0 Å². The molecule has 0 atom stereocenters. The lowest BCUT2D eigenvalue weighted by Gasteiger charge is -2.01. The molecule has 0 spiro atoms. The van der Waals surface area contributed by atoms with Gasteiger partial charge in [0, 0.05) is 5.56 Å². The number of aryl methyl sites for hydroxylation is 2. The summed E-state index contributed by atoms with van der Waals surface area (Å²) >= 11 is 0. The first-order chi connectivity index (χ1) is 5.25. The Hall–Kier alpha value is -1.29. The molecular weight excluding hydrogens is 134 g/mol. The van der Waals surface area contributed by atoms with Crippen LogP contribution in [0.2, 0.25) is 0 Å². The molecule has 0 heterocycles. The predicted octanol–water partition coefficient (Wildman–Crippen LogP) is 2.72. The minimum atomic E-state index is 0.512. The van der Waals surface area contributed by atoms with Crippen LogP contribution in [0.15, 0.2) is 18.2 Å². The first-order valence-corrected chi connectivity index (χ1v) is 3.64. The van der Waals surface area contributed by atoms with Gasteiger partial charge in [-0.2, -0.15) is 0 Å². The highest BCUT2D eigenvalue weighted by Crippen LogP contribution is 2.13. The van der Waals surface area contributed by atoms with Crippen LogP contribution in [0.25, 0.3) is 4.85 Å². The van der Waals surface area contributed by atoms with Crippen LogP contribution in [0.4, 0.5) is 0 Å². The minimum absolute atomic E-state index is 0.512. The van der Waals surface area contributed by atoms with Crippen molar-refractivity contribution >= 4 is 0 Å². The SMILES string of the molecule is [C-]#[N+]Cc1c(C)cccc1C. The number of nitrogens with zero attached hydrogens (tertiary/aromatic N) is 1. The molecule has 0 amide bonds. The van der Waals surface area contributed by atoms with Crippen molar-refractivity contribution in [3.8, 4) is 0 Å². The van der Waals surface area contributed by atoms with Gasteiger partial charge in [-0.3, -0.25) is 0 Å². The van der Waals surface area contributed by atoms with Crippen molar-refractivity contribution in [2.45, 2.75) is 20.4 Å². The Balaban J connectivity index is 3.12. The molecule has 0 aliphatic rings. The molecule has 0 N–H and O–H groups in total. The quantitative estimate of drug-likeness (QED) is 0.535. The summed E-state index contributed by atoms with van der Waals surface area (Å²) in [6.07, 6.45) is 0. The summed E-state index contributed by atoms with van der Waals surface area (Å²) in [5.41, 5.74) is 3.63. The van der Waals surface area contributed by atoms with Crippen LogP contribution in [-0.2, 0) is 6.54 Å². The highest BCUT2D eigenvalue weighted by molar-refractivity contribution is 5.34. The van der Waals surface area contributed by atoms with Gasteiger partial charge in [-0.1, -0.05) is 18.2 Å². The summed E-state index contributed by atoms with van der Waals surface area (Å²) in [5, 5.41) is 0. The van der Waals surface area contributed by atoms with E-state index in [0.29, 0.717) is 6.54 Å². The number of hydrogen-bond donors (Lipinski definition) is 0. The maximum absolute atomic E-state index is 6.76. The van der Waals surface area contributed by atoms with E-state index < -0.39 is 0 Å². The van der Waals surface area contributed by atoms with E-state index in [0.717, 1.165) is 0 Å². The second kappa shape index (κ2) is 3.21. The minimum Gasteiger partial charge on any atom is -0.312 e. The Labute approximate surface area is 67.5 Å². The van der Waals surface area contributed by atoms with E-state index in [2.05, 4.69) is 4.85 Å². The van der Waals surface area contributed by atoms with Gasteiger partial charge < -0.3 is 4.85 Å². The molecule has 11 heavy (non-hydrogen) atoms. The van der Waals surface area contributed by atoms with Gasteiger partial charge in [0.15, 0.2) is 0 Å². The third kappa shape index (κ3) is 1.59. The van der Waals surface area contributed by atoms with Gasteiger partial charge in [-0.15, -0.1) is 0 Å². The van der Waals surface area contributed by atoms with Crippen molar-refractivity contribution in [2.75, 3.05) is 0 Å². The van der Waals surface area contributed by atoms with Crippen molar-refractivity contribution in [3.63, 3.8) is 0 Å². The van der Waals surface area contributed by atoms with Gasteiger partial charge in [0.1, 0.15) is 0 Å². The molecule has 0 saturated carbocycles. The molecule has 0 radical (unpaired) electrons. The number of rotatable bonds is 1. The average Bonchev–Trinajstić information content (AvgIpc) is 1.97. The molecule has 0 aromatic heterocycles. The lowest BCUT2D eigenvalue weighted by Crippen LogP contribution is -1.89. The molecule has 0 saturated heterocycles. The smallest absolute Gasteiger partial charge is 0.240 e. The predicted molar refractivity (Wildman–Crippen MR) is 46.2 cm³/mol. The summed E-state index contributed by atoms with van der Waals surface area (Å²) in [6.45, 7) is 11.4. The highest BCUT2D eigenvalue weighted by atomic mass is 14.6. The van der Waals surface area contributed by atoms with Crippen LogP contribution in [0.3, 0.4) is 0 Å². The maximum atomic E-state index is 6.76. The van der Waals surface area contributed by atoms with E-state index >= 15 is 0 Å². The first kappa shape index (κ1) is 7.81. The molecule has 0 aliphatic heterocycles. The lowest BCUT2D eigenvalue weighted by atomic mass is 10.0. The van der Waals surface area contributed by atoms with Crippen LogP contribution in [0, 0.1) is 20.4 Å². The molecule has 0 aliphatic carbocycles. The third-order valence-electron chi connectivity index (χ3n) is 1.88. The van der Waals surface area contributed by atoms with Crippen LogP contribution in [0.5, 0.6) is 0 Å². The van der Waals surface area contributed by atoms with Crippen molar-refractivity contribution in [1.29, 1.82) is 0 Å². The van der Waals surface area contributed by atoms with E-state index in [1.807, 2.05) is 32.0 Å². The topological polar surface area (TPSA) is 4.36 Å². The normalized spacial score (nSPS) is 9.18. The molecule has 0 fully saturated rings. The van der Waals surface area contributed by atoms with E-state index in [1.54, 1.807) is 0 Å². The van der Waals surface area contributed by atoms with Crippen molar-refractivity contribution < 1.29 is 0 Å². The third-order valence-corrected chi connectivity index (χ3v) is 1.88. The van der Waals surface area contributed by atoms with E-state index in [9.17, 15) is 0 Å². The largest absolute Gasteiger partial charge is 0.312 e. The summed E-state index contributed by atoms with van der Waals surface area (Å²) in [5.74, 6) is 0. The van der Waals surface area contributed by atoms with Crippen LogP contribution < -0.4 is 0 Å². The Morgan fingerprint density at radius 3 is 2.27 bits per heavy atom. The Morgan fingerprint density at radius 2 is 1.82 bits per heavy atom. The Bertz CT molecular complexity index is 274. The lowest BCUT2D eigenvalue weighted by molar-refractivity contribution is 1.16. The number of benzene rings is 1. The molecule has 0 bridgehead atoms. The standard InChI is InChI=1S/C10H11N/c1-8-5-4-6-9(2)10(8)7-11-3/h4-6H,7H2,1-2H3. The van der Waals surface area contributed by atoms with Gasteiger partial charge in [0.25, 0.3) is 0 Å². The van der Waals surface area contributed by atoms with Crippen molar-refractivity contribution in [3.05, 3.63) is 46.3 Å². The number of hydrogen-bond acceptors (Lipinski definition) is 0. The van der Waals surface area contributed by atoms with Gasteiger partial charge in [-0.25, -0.2) is 6.57 Å². The zero-order valence-electron chi connectivity index (χ0n) is 6.89. The highest BCUT2D eigenvalue weighted by Gasteiger charge is 2.02. The van der Waals surface area contributed by atoms with Crippen LogP contribution in [-0.4, -0.2) is 0 Å². The zero-order chi connectivity index (χ0) is 8.27. The molecular formula is C10H11N. The summed E-state index contributed by atoms with van der Waals surface area (Å²) in [7, 11) is 0. The zero-order valence-corrected chi connectivity index (χ0v) is 6.89. The second-order valence-electron chi connectivity index (χ2n) is 2.69. The van der Waals surface area contributed by atoms with E-state index in [-0.39, 0.29) is 0 Å². The summed E-state index contributed by atoms with van der Waals surface area (Å²) < 4.78 is 0. The van der Waals surface area contributed by atoms with Crippen molar-refractivity contribution in [2.24, 2.45) is 0 Å². The molecule has 1 rings (SSSR count). The van der Waals surface area contributed by atoms with E-state index in [4.69, 9.17) is 6.57 Å². The summed E-state index contributed by atoms with van der Waals surface area (Å²) in [6, 6.07) is 6.12. The molecule has 1 nitrogen and oxygen atoms in total. The Kier molecular flexibility index (Phi) is 2.28. The van der Waals surface area contributed by atoms with E-state index in [1.165, 1.54) is 16.7 Å². The molecule has 0 unspecified atom stereocenters. The van der Waals surface area contributed by atoms with Crippen LogP contribution >= 0.6 is 0 Å². The van der Waals surface area contributed by atoms with Gasteiger partial charge in [0.05, 0.1) is 0 Å². The first-order valence-electron chi connectivity index (χ1n) is 3.64. The molecule has 1 heteroatoms. The molecule has 1 aromatic carbocycles. The maximum Gasteiger partial charge on any atom is 0.240 e. The van der Waals surface area contributed by atoms with Crippen LogP contribution in [0.1, 0.15) is 16.7 Å². The monoisotopic (exact) mass is 145 g/mol. The second-order valence-corrected chi connectivity index (χ2v) is 2.69. The summed E-state index contributed by atoms with van der Waals surface area (Å²) in [4.78, 5) is 3.38. The fourth-order valence-corrected chi connectivity index (χ4v) is 1.18. The fraction of sp³-hybridized carbons (Fsp3) is 0.300. The van der Waals surface area contributed by atoms with Crippen molar-refractivity contribution in [1.82, 2.24) is 0 Å². The molecule has 56 valence electrons. The van der Waals surface area contributed by atoms with Gasteiger partial charge in [0.2, 0.25) is 6.54 Å². The fourth-order valence-electron chi connectivity index (χ4n) is 1.18.